The van der Waals surface area contributed by atoms with Gasteiger partial charge < -0.3 is 10.2 Å². The molecule has 1 N–H and O–H groups in total. The number of hydrogen-bond donors (Lipinski definition) is 1. The van der Waals surface area contributed by atoms with Gasteiger partial charge in [0.05, 0.1) is 11.9 Å². The maximum absolute atomic E-state index is 14.3. The number of carbonyl (C=O) groups is 2. The third-order valence-electron chi connectivity index (χ3n) is 5.18. The van der Waals surface area contributed by atoms with Gasteiger partial charge in [-0.3, -0.25) is 13.9 Å². The molecule has 0 aliphatic heterocycles. The number of hydrogen-bond acceptors (Lipinski definition) is 4. The average molecular weight is 526 g/mol. The van der Waals surface area contributed by atoms with Crippen molar-refractivity contribution in [3.63, 3.8) is 0 Å². The molecular weight excluding hydrogens is 493 g/mol. The number of para-hydroxylation sites is 1. The zero-order valence-corrected chi connectivity index (χ0v) is 22.3. The Labute approximate surface area is 212 Å². The molecule has 0 bridgehead atoms. The predicted molar refractivity (Wildman–Crippen MR) is 137 cm³/mol. The first-order valence-corrected chi connectivity index (χ1v) is 13.5. The number of nitrogens with one attached hydrogen (secondary N) is 1. The molecule has 7 nitrogen and oxygen atoms in total. The quantitative estimate of drug-likeness (QED) is 0.499. The fourth-order valence-electron chi connectivity index (χ4n) is 3.53. The summed E-state index contributed by atoms with van der Waals surface area (Å²) in [5.74, 6) is -1.31. The van der Waals surface area contributed by atoms with E-state index in [4.69, 9.17) is 11.6 Å². The second-order valence-corrected chi connectivity index (χ2v) is 11.8. The lowest BCUT2D eigenvalue weighted by molar-refractivity contribution is -0.141. The standard InChI is InChI=1S/C25H33ClFN3O4S/c1-18(24(32)28-25(2,3)4)29(17-19-10-8-11-20(26)16-19)23(31)14-9-15-30(35(5,33)34)22-13-7-6-12-21(22)27/h6-8,10-13,16,18H,9,14-15,17H2,1-5H3,(H,28,32)/t18-/m1/s1. The molecule has 10 heteroatoms. The van der Waals surface area contributed by atoms with Crippen LogP contribution < -0.4 is 9.62 Å². The minimum atomic E-state index is -3.77. The molecule has 0 saturated heterocycles. The molecule has 2 rings (SSSR count). The summed E-state index contributed by atoms with van der Waals surface area (Å²) in [5, 5.41) is 3.39. The molecule has 35 heavy (non-hydrogen) atoms. The Balaban J connectivity index is 2.20. The summed E-state index contributed by atoms with van der Waals surface area (Å²) in [5.41, 5.74) is 0.202. The first-order valence-electron chi connectivity index (χ1n) is 11.3. The van der Waals surface area contributed by atoms with E-state index < -0.39 is 27.4 Å². The van der Waals surface area contributed by atoms with Gasteiger partial charge >= 0.3 is 0 Å². The van der Waals surface area contributed by atoms with Crippen molar-refractivity contribution in [3.8, 4) is 0 Å². The highest BCUT2D eigenvalue weighted by molar-refractivity contribution is 7.92. The lowest BCUT2D eigenvalue weighted by Gasteiger charge is -2.32. The molecule has 192 valence electrons. The van der Waals surface area contributed by atoms with Crippen LogP contribution in [0.1, 0.15) is 46.1 Å². The zero-order valence-electron chi connectivity index (χ0n) is 20.7. The van der Waals surface area contributed by atoms with E-state index in [0.717, 1.165) is 16.1 Å². The number of rotatable bonds is 10. The average Bonchev–Trinajstić information content (AvgIpc) is 2.73. The maximum atomic E-state index is 14.3. The van der Waals surface area contributed by atoms with Gasteiger partial charge in [-0.25, -0.2) is 12.8 Å². The van der Waals surface area contributed by atoms with Gasteiger partial charge in [0, 0.05) is 30.1 Å². The monoisotopic (exact) mass is 525 g/mol. The molecule has 2 amide bonds. The van der Waals surface area contributed by atoms with Crippen molar-refractivity contribution >= 4 is 39.1 Å². The van der Waals surface area contributed by atoms with Gasteiger partial charge in [0.15, 0.2) is 0 Å². The molecule has 2 aromatic rings. The molecule has 0 heterocycles. The van der Waals surface area contributed by atoms with Crippen molar-refractivity contribution in [3.05, 3.63) is 64.9 Å². The van der Waals surface area contributed by atoms with E-state index in [1.165, 1.54) is 23.1 Å². The van der Waals surface area contributed by atoms with Gasteiger partial charge in [0.1, 0.15) is 11.9 Å². The molecule has 0 spiro atoms. The topological polar surface area (TPSA) is 86.8 Å². The van der Waals surface area contributed by atoms with E-state index in [1.54, 1.807) is 31.2 Å². The van der Waals surface area contributed by atoms with Crippen molar-refractivity contribution in [2.24, 2.45) is 0 Å². The molecule has 1 atom stereocenters. The number of benzene rings is 2. The number of carbonyl (C=O) groups excluding carboxylic acids is 2. The number of sulfonamides is 1. The van der Waals surface area contributed by atoms with Gasteiger partial charge in [-0.1, -0.05) is 35.9 Å². The van der Waals surface area contributed by atoms with E-state index in [9.17, 15) is 22.4 Å². The Morgan fingerprint density at radius 3 is 2.34 bits per heavy atom. The fourth-order valence-corrected chi connectivity index (χ4v) is 4.70. The van der Waals surface area contributed by atoms with Crippen LogP contribution in [-0.2, 0) is 26.2 Å². The predicted octanol–water partition coefficient (Wildman–Crippen LogP) is 4.36. The highest BCUT2D eigenvalue weighted by Gasteiger charge is 2.29. The summed E-state index contributed by atoms with van der Waals surface area (Å²) in [6.45, 7) is 7.27. The molecule has 0 unspecified atom stereocenters. The first kappa shape index (κ1) is 28.6. The van der Waals surface area contributed by atoms with Crippen LogP contribution in [0.2, 0.25) is 5.02 Å². The highest BCUT2D eigenvalue weighted by atomic mass is 35.5. The first-order chi connectivity index (χ1) is 16.2. The molecule has 0 radical (unpaired) electrons. The second kappa shape index (κ2) is 11.9. The Morgan fingerprint density at radius 1 is 1.11 bits per heavy atom. The van der Waals surface area contributed by atoms with Gasteiger partial charge in [-0.15, -0.1) is 0 Å². The van der Waals surface area contributed by atoms with Crippen LogP contribution >= 0.6 is 11.6 Å². The minimum Gasteiger partial charge on any atom is -0.350 e. The molecule has 0 saturated carbocycles. The van der Waals surface area contributed by atoms with Crippen LogP contribution in [0.15, 0.2) is 48.5 Å². The minimum absolute atomic E-state index is 0.0336. The Bertz CT molecular complexity index is 1150. The maximum Gasteiger partial charge on any atom is 0.242 e. The van der Waals surface area contributed by atoms with E-state index in [1.807, 2.05) is 26.8 Å². The van der Waals surface area contributed by atoms with Crippen LogP contribution in [0.3, 0.4) is 0 Å². The van der Waals surface area contributed by atoms with Crippen molar-refractivity contribution in [1.82, 2.24) is 10.2 Å². The lowest BCUT2D eigenvalue weighted by atomic mass is 10.1. The molecule has 0 fully saturated rings. The van der Waals surface area contributed by atoms with E-state index in [0.29, 0.717) is 5.02 Å². The fraction of sp³-hybridized carbons (Fsp3) is 0.440. The number of amides is 2. The molecule has 0 aliphatic carbocycles. The molecule has 0 aliphatic rings. The van der Waals surface area contributed by atoms with Crippen molar-refractivity contribution in [2.45, 2.75) is 58.7 Å². The zero-order chi connectivity index (χ0) is 26.4. The molecule has 0 aromatic heterocycles. The Hall–Kier alpha value is -2.65. The number of anilines is 1. The number of halogens is 2. The Kier molecular flexibility index (Phi) is 9.68. The van der Waals surface area contributed by atoms with Gasteiger partial charge in [-0.05, 0) is 63.9 Å². The summed E-state index contributed by atoms with van der Waals surface area (Å²) in [4.78, 5) is 27.5. The van der Waals surface area contributed by atoms with E-state index >= 15 is 0 Å². The summed E-state index contributed by atoms with van der Waals surface area (Å²) in [6, 6.07) is 11.8. The number of nitrogens with zero attached hydrogens (tertiary/aromatic N) is 2. The van der Waals surface area contributed by atoms with Crippen LogP contribution in [0.5, 0.6) is 0 Å². The lowest BCUT2D eigenvalue weighted by Crippen LogP contribution is -2.52. The van der Waals surface area contributed by atoms with E-state index in [-0.39, 0.29) is 43.4 Å². The molecular formula is C25H33ClFN3O4S. The van der Waals surface area contributed by atoms with Crippen LogP contribution in [-0.4, -0.2) is 49.5 Å². The highest BCUT2D eigenvalue weighted by Crippen LogP contribution is 2.22. The smallest absolute Gasteiger partial charge is 0.242 e. The summed E-state index contributed by atoms with van der Waals surface area (Å²) in [6.07, 6.45) is 1.10. The van der Waals surface area contributed by atoms with Gasteiger partial charge in [0.2, 0.25) is 21.8 Å². The third-order valence-corrected chi connectivity index (χ3v) is 6.60. The van der Waals surface area contributed by atoms with Crippen molar-refractivity contribution in [1.29, 1.82) is 0 Å². The summed E-state index contributed by atoms with van der Waals surface area (Å²) >= 11 is 6.09. The largest absolute Gasteiger partial charge is 0.350 e. The van der Waals surface area contributed by atoms with Crippen LogP contribution in [0.4, 0.5) is 10.1 Å². The Morgan fingerprint density at radius 2 is 1.77 bits per heavy atom. The van der Waals surface area contributed by atoms with Crippen LogP contribution in [0, 0.1) is 5.82 Å². The summed E-state index contributed by atoms with van der Waals surface area (Å²) < 4.78 is 39.8. The van der Waals surface area contributed by atoms with Crippen LogP contribution in [0.25, 0.3) is 0 Å². The third kappa shape index (κ3) is 8.81. The second-order valence-electron chi connectivity index (χ2n) is 9.46. The van der Waals surface area contributed by atoms with Gasteiger partial charge in [0.25, 0.3) is 0 Å². The SMILES string of the molecule is C[C@H](C(=O)NC(C)(C)C)N(Cc1cccc(Cl)c1)C(=O)CCCN(c1ccccc1F)S(C)(=O)=O. The van der Waals surface area contributed by atoms with Gasteiger partial charge in [-0.2, -0.15) is 0 Å². The van der Waals surface area contributed by atoms with E-state index in [2.05, 4.69) is 5.32 Å². The normalized spacial score (nSPS) is 12.7. The van der Waals surface area contributed by atoms with Crippen molar-refractivity contribution in [2.75, 3.05) is 17.1 Å². The molecule has 2 aromatic carbocycles. The summed E-state index contributed by atoms with van der Waals surface area (Å²) in [7, 11) is -3.77. The van der Waals surface area contributed by atoms with Crippen molar-refractivity contribution < 1.29 is 22.4 Å².